The summed E-state index contributed by atoms with van der Waals surface area (Å²) in [4.78, 5) is 11.7. The minimum Gasteiger partial charge on any atom is -0.415 e. The second-order valence-corrected chi connectivity index (χ2v) is 5.55. The molecule has 0 spiro atoms. The fourth-order valence-corrected chi connectivity index (χ4v) is 2.76. The molecular formula is C11H11N5O2S2. The maximum atomic E-state index is 11.7. The molecule has 0 aromatic carbocycles. The maximum absolute atomic E-state index is 11.7. The number of hydrogen-bond donors (Lipinski definition) is 2. The summed E-state index contributed by atoms with van der Waals surface area (Å²) in [5, 5.41) is 21.8. The first-order valence-electron chi connectivity index (χ1n) is 5.65. The van der Waals surface area contributed by atoms with Gasteiger partial charge in [-0.25, -0.2) is 0 Å². The normalized spacial score (nSPS) is 10.2. The number of nitrogens with zero attached hydrogens (tertiary/aromatic N) is 3. The van der Waals surface area contributed by atoms with E-state index in [9.17, 15) is 4.79 Å². The van der Waals surface area contributed by atoms with Gasteiger partial charge in [0.2, 0.25) is 11.8 Å². The van der Waals surface area contributed by atoms with Crippen LogP contribution in [0.2, 0.25) is 0 Å². The van der Waals surface area contributed by atoms with Crippen LogP contribution in [0.25, 0.3) is 0 Å². The summed E-state index contributed by atoms with van der Waals surface area (Å²) in [6.45, 7) is 0.198. The molecule has 2 rings (SSSR count). The number of nitriles is 1. The monoisotopic (exact) mass is 309 g/mol. The fraction of sp³-hybridized carbons (Fsp3) is 0.273. The summed E-state index contributed by atoms with van der Waals surface area (Å²) >= 11 is 2.61. The van der Waals surface area contributed by atoms with E-state index in [2.05, 4.69) is 15.5 Å². The van der Waals surface area contributed by atoms with E-state index in [1.165, 1.54) is 23.1 Å². The quantitative estimate of drug-likeness (QED) is 0.778. The molecule has 3 N–H and O–H groups in total. The van der Waals surface area contributed by atoms with Crippen LogP contribution in [-0.2, 0) is 11.3 Å². The first-order valence-corrected chi connectivity index (χ1v) is 7.52. The number of anilines is 1. The van der Waals surface area contributed by atoms with E-state index >= 15 is 0 Å². The Labute approximate surface area is 123 Å². The number of rotatable bonds is 6. The molecular weight excluding hydrogens is 298 g/mol. The zero-order valence-corrected chi connectivity index (χ0v) is 12.0. The van der Waals surface area contributed by atoms with Crippen LogP contribution in [0.3, 0.4) is 0 Å². The van der Waals surface area contributed by atoms with Crippen molar-refractivity contribution in [1.29, 1.82) is 5.26 Å². The van der Waals surface area contributed by atoms with Crippen molar-refractivity contribution in [1.82, 2.24) is 10.2 Å². The maximum Gasteiger partial charge on any atom is 0.276 e. The van der Waals surface area contributed by atoms with Crippen LogP contribution in [0, 0.1) is 11.3 Å². The van der Waals surface area contributed by atoms with Gasteiger partial charge in [-0.3, -0.25) is 4.79 Å². The Bertz CT molecular complexity index is 631. The van der Waals surface area contributed by atoms with Gasteiger partial charge in [0, 0.05) is 12.2 Å². The Balaban J connectivity index is 1.77. The molecule has 0 bridgehead atoms. The van der Waals surface area contributed by atoms with Crippen LogP contribution in [-0.4, -0.2) is 21.9 Å². The number of amides is 1. The predicted octanol–water partition coefficient (Wildman–Crippen LogP) is 1.58. The molecule has 0 unspecified atom stereocenters. The van der Waals surface area contributed by atoms with Gasteiger partial charge in [-0.15, -0.1) is 21.5 Å². The topological polar surface area (TPSA) is 118 Å². The molecule has 20 heavy (non-hydrogen) atoms. The largest absolute Gasteiger partial charge is 0.415 e. The Kier molecular flexibility index (Phi) is 5.11. The summed E-state index contributed by atoms with van der Waals surface area (Å²) in [5.74, 6) is 0.717. The van der Waals surface area contributed by atoms with Gasteiger partial charge in [-0.1, -0.05) is 11.8 Å². The highest BCUT2D eigenvalue weighted by molar-refractivity contribution is 7.99. The highest BCUT2D eigenvalue weighted by atomic mass is 32.2. The van der Waals surface area contributed by atoms with Gasteiger partial charge in [-0.05, 0) is 11.4 Å². The number of carbonyl (C=O) groups excluding carboxylic acids is 1. The molecule has 2 heterocycles. The second kappa shape index (κ2) is 7.04. The molecule has 0 radical (unpaired) electrons. The van der Waals surface area contributed by atoms with Crippen LogP contribution in [0.15, 0.2) is 21.1 Å². The van der Waals surface area contributed by atoms with Crippen LogP contribution < -0.4 is 11.1 Å². The predicted molar refractivity (Wildman–Crippen MR) is 75.2 cm³/mol. The summed E-state index contributed by atoms with van der Waals surface area (Å²) in [7, 11) is 0. The van der Waals surface area contributed by atoms with Gasteiger partial charge in [0.25, 0.3) is 5.22 Å². The van der Waals surface area contributed by atoms with Crippen LogP contribution >= 0.6 is 23.1 Å². The van der Waals surface area contributed by atoms with Crippen molar-refractivity contribution in [3.05, 3.63) is 22.9 Å². The van der Waals surface area contributed by atoms with E-state index in [1.807, 2.05) is 6.07 Å². The Morgan fingerprint density at radius 3 is 3.15 bits per heavy atom. The molecule has 7 nitrogen and oxygen atoms in total. The number of nitrogens with one attached hydrogen (secondary N) is 1. The van der Waals surface area contributed by atoms with E-state index in [4.69, 9.17) is 15.4 Å². The summed E-state index contributed by atoms with van der Waals surface area (Å²) in [6, 6.07) is 3.69. The minimum atomic E-state index is -0.157. The van der Waals surface area contributed by atoms with Crippen molar-refractivity contribution in [3.8, 4) is 6.07 Å². The molecule has 0 saturated heterocycles. The fourth-order valence-electron chi connectivity index (χ4n) is 1.29. The molecule has 0 saturated carbocycles. The number of carbonyl (C=O) groups is 1. The number of thiophene rings is 1. The zero-order chi connectivity index (χ0) is 14.4. The lowest BCUT2D eigenvalue weighted by atomic mass is 10.3. The van der Waals surface area contributed by atoms with Gasteiger partial charge in [-0.2, -0.15) is 5.26 Å². The van der Waals surface area contributed by atoms with Crippen LogP contribution in [0.1, 0.15) is 17.9 Å². The Morgan fingerprint density at radius 2 is 2.45 bits per heavy atom. The summed E-state index contributed by atoms with van der Waals surface area (Å²) in [6.07, 6.45) is 0.285. The van der Waals surface area contributed by atoms with Gasteiger partial charge in [0.05, 0.1) is 12.1 Å². The average molecular weight is 309 g/mol. The van der Waals surface area contributed by atoms with Crippen molar-refractivity contribution in [2.24, 2.45) is 5.73 Å². The molecule has 0 fully saturated rings. The van der Waals surface area contributed by atoms with Crippen molar-refractivity contribution in [2.45, 2.75) is 18.2 Å². The van der Waals surface area contributed by atoms with E-state index in [-0.39, 0.29) is 18.9 Å². The lowest BCUT2D eigenvalue weighted by Gasteiger charge is -2.01. The molecule has 0 aliphatic rings. The molecule has 2 aromatic heterocycles. The second-order valence-electron chi connectivity index (χ2n) is 3.59. The van der Waals surface area contributed by atoms with Gasteiger partial charge in [0.15, 0.2) is 0 Å². The van der Waals surface area contributed by atoms with Crippen LogP contribution in [0.4, 0.5) is 5.00 Å². The average Bonchev–Trinajstić information content (AvgIpc) is 3.07. The van der Waals surface area contributed by atoms with Crippen molar-refractivity contribution >= 4 is 34.0 Å². The smallest absolute Gasteiger partial charge is 0.276 e. The molecule has 0 aliphatic carbocycles. The standard InChI is InChI=1S/C11H11N5O2S2/c12-5-7-1-3-19-10(7)14-8(17)2-4-20-11-16-15-9(6-13)18-11/h1,3H,2,4,6,13H2,(H,14,17). The highest BCUT2D eigenvalue weighted by Gasteiger charge is 2.10. The molecule has 9 heteroatoms. The number of hydrogen-bond acceptors (Lipinski definition) is 8. The third kappa shape index (κ3) is 3.80. The van der Waals surface area contributed by atoms with Gasteiger partial charge < -0.3 is 15.5 Å². The van der Waals surface area contributed by atoms with Crippen molar-refractivity contribution < 1.29 is 9.21 Å². The first-order chi connectivity index (χ1) is 9.72. The summed E-state index contributed by atoms with van der Waals surface area (Å²) < 4.78 is 5.20. The lowest BCUT2D eigenvalue weighted by Crippen LogP contribution is -2.11. The van der Waals surface area contributed by atoms with E-state index in [0.717, 1.165) is 0 Å². The van der Waals surface area contributed by atoms with Gasteiger partial charge >= 0.3 is 0 Å². The number of aromatic nitrogens is 2. The number of thioether (sulfide) groups is 1. The van der Waals surface area contributed by atoms with Crippen LogP contribution in [0.5, 0.6) is 0 Å². The number of nitrogens with two attached hydrogens (primary N) is 1. The summed E-state index contributed by atoms with van der Waals surface area (Å²) in [5.41, 5.74) is 5.82. The third-order valence-electron chi connectivity index (χ3n) is 2.22. The molecule has 0 atom stereocenters. The van der Waals surface area contributed by atoms with E-state index in [1.54, 1.807) is 11.4 Å². The van der Waals surface area contributed by atoms with Crippen molar-refractivity contribution in [2.75, 3.05) is 11.1 Å². The Morgan fingerprint density at radius 1 is 1.60 bits per heavy atom. The van der Waals surface area contributed by atoms with Crippen molar-refractivity contribution in [3.63, 3.8) is 0 Å². The molecule has 1 amide bonds. The first kappa shape index (κ1) is 14.5. The molecule has 104 valence electrons. The molecule has 2 aromatic rings. The van der Waals surface area contributed by atoms with Gasteiger partial charge in [0.1, 0.15) is 11.1 Å². The van der Waals surface area contributed by atoms with E-state index < -0.39 is 0 Å². The SMILES string of the molecule is N#Cc1ccsc1NC(=O)CCSc1nnc(CN)o1. The minimum absolute atomic E-state index is 0.157. The Hall–Kier alpha value is -1.89. The highest BCUT2D eigenvalue weighted by Crippen LogP contribution is 2.23. The molecule has 0 aliphatic heterocycles. The van der Waals surface area contributed by atoms with E-state index in [0.29, 0.717) is 27.4 Å². The lowest BCUT2D eigenvalue weighted by molar-refractivity contribution is -0.115. The third-order valence-corrected chi connectivity index (χ3v) is 3.87. The zero-order valence-electron chi connectivity index (χ0n) is 10.3.